The van der Waals surface area contributed by atoms with Gasteiger partial charge in [-0.05, 0) is 11.6 Å². The molecular formula is C9H14NO6P. The van der Waals surface area contributed by atoms with Crippen LogP contribution in [0.25, 0.3) is 0 Å². The Kier molecular flexibility index (Phi) is 4.86. The lowest BCUT2D eigenvalue weighted by Crippen LogP contribution is -2.24. The second kappa shape index (κ2) is 5.95. The minimum Gasteiger partial charge on any atom is -0.456 e. The van der Waals surface area contributed by atoms with Crippen molar-refractivity contribution in [2.75, 3.05) is 34.1 Å². The number of ether oxygens (including phenoxy) is 1. The first-order valence-electron chi connectivity index (χ1n) is 4.73. The van der Waals surface area contributed by atoms with E-state index in [0.29, 0.717) is 5.57 Å². The summed E-state index contributed by atoms with van der Waals surface area (Å²) in [7, 11) is 0.738. The molecule has 0 fully saturated rings. The van der Waals surface area contributed by atoms with E-state index in [1.165, 1.54) is 27.4 Å². The van der Waals surface area contributed by atoms with Crippen LogP contribution < -0.4 is 0 Å². The van der Waals surface area contributed by atoms with E-state index in [-0.39, 0.29) is 18.5 Å². The molecule has 0 unspecified atom stereocenters. The highest BCUT2D eigenvalue weighted by molar-refractivity contribution is 7.54. The predicted molar refractivity (Wildman–Crippen MR) is 60.0 cm³/mol. The monoisotopic (exact) mass is 263 g/mol. The number of hydrogen-bond donors (Lipinski definition) is 0. The molecule has 1 rings (SSSR count). The molecule has 0 N–H and O–H groups in total. The number of nitrogens with zero attached hydrogens (tertiary/aromatic N) is 1. The fraction of sp³-hybridized carbons (Fsp3) is 0.556. The van der Waals surface area contributed by atoms with Crippen LogP contribution in [-0.4, -0.2) is 45.8 Å². The summed E-state index contributed by atoms with van der Waals surface area (Å²) < 4.78 is 26.3. The van der Waals surface area contributed by atoms with Gasteiger partial charge in [-0.15, -0.1) is 0 Å². The number of carbonyl (C=O) groups excluding carboxylic acids is 1. The Hall–Kier alpha value is -1.17. The average molecular weight is 263 g/mol. The van der Waals surface area contributed by atoms with E-state index in [9.17, 15) is 9.36 Å². The summed E-state index contributed by atoms with van der Waals surface area (Å²) in [6.07, 6.45) is 1.50. The van der Waals surface area contributed by atoms with Crippen molar-refractivity contribution in [2.45, 2.75) is 0 Å². The van der Waals surface area contributed by atoms with Crippen molar-refractivity contribution in [3.8, 4) is 0 Å². The Labute approximate surface area is 98.9 Å². The van der Waals surface area contributed by atoms with Gasteiger partial charge in [-0.25, -0.2) is 4.79 Å². The van der Waals surface area contributed by atoms with E-state index >= 15 is 0 Å². The van der Waals surface area contributed by atoms with E-state index < -0.39 is 13.6 Å². The molecule has 1 aliphatic rings. The van der Waals surface area contributed by atoms with Gasteiger partial charge in [-0.2, -0.15) is 0 Å². The molecule has 0 aliphatic carbocycles. The van der Waals surface area contributed by atoms with Gasteiger partial charge in [0.2, 0.25) is 0 Å². The Balaban J connectivity index is 2.86. The Morgan fingerprint density at radius 3 is 2.59 bits per heavy atom. The van der Waals surface area contributed by atoms with Crippen molar-refractivity contribution in [3.05, 3.63) is 11.6 Å². The van der Waals surface area contributed by atoms with Crippen LogP contribution in [0.15, 0.2) is 16.8 Å². The second-order valence-electron chi connectivity index (χ2n) is 3.17. The number of carbonyl (C=O) groups is 1. The molecule has 17 heavy (non-hydrogen) atoms. The van der Waals surface area contributed by atoms with Crippen LogP contribution in [-0.2, 0) is 28.0 Å². The van der Waals surface area contributed by atoms with E-state index in [2.05, 4.69) is 9.99 Å². The van der Waals surface area contributed by atoms with E-state index in [1.54, 1.807) is 0 Å². The van der Waals surface area contributed by atoms with Crippen molar-refractivity contribution >= 4 is 19.3 Å². The standard InChI is InChI=1S/C9H14NO6P/c1-13-10-8-4-7(5-16-9(8)11)6-17(12,14-2)15-3/h4H,5-6H2,1-3H3. The number of esters is 1. The summed E-state index contributed by atoms with van der Waals surface area (Å²) in [5.74, 6) is -0.583. The molecule has 0 bridgehead atoms. The molecule has 7 nitrogen and oxygen atoms in total. The van der Waals surface area contributed by atoms with Gasteiger partial charge in [0.25, 0.3) is 0 Å². The predicted octanol–water partition coefficient (Wildman–Crippen LogP) is 0.958. The summed E-state index contributed by atoms with van der Waals surface area (Å²) in [4.78, 5) is 15.7. The lowest BCUT2D eigenvalue weighted by atomic mass is 10.2. The molecule has 8 heteroatoms. The van der Waals surface area contributed by atoms with Crippen molar-refractivity contribution < 1.29 is 28.0 Å². The Morgan fingerprint density at radius 1 is 1.41 bits per heavy atom. The van der Waals surface area contributed by atoms with Gasteiger partial charge in [0, 0.05) is 14.2 Å². The number of oxime groups is 1. The number of hydrogen-bond acceptors (Lipinski definition) is 7. The Morgan fingerprint density at radius 2 is 2.06 bits per heavy atom. The minimum atomic E-state index is -3.17. The molecule has 0 aromatic heterocycles. The third kappa shape index (κ3) is 3.66. The fourth-order valence-corrected chi connectivity index (χ4v) is 2.32. The fourth-order valence-electron chi connectivity index (χ4n) is 1.23. The third-order valence-electron chi connectivity index (χ3n) is 2.08. The maximum absolute atomic E-state index is 11.9. The van der Waals surface area contributed by atoms with Gasteiger partial charge in [0.15, 0.2) is 5.71 Å². The second-order valence-corrected chi connectivity index (χ2v) is 5.44. The van der Waals surface area contributed by atoms with Crippen LogP contribution in [0.5, 0.6) is 0 Å². The molecule has 96 valence electrons. The molecule has 0 aromatic carbocycles. The first kappa shape index (κ1) is 13.9. The number of rotatable bonds is 5. The topological polar surface area (TPSA) is 83.4 Å². The van der Waals surface area contributed by atoms with Gasteiger partial charge in [0.1, 0.15) is 13.7 Å². The van der Waals surface area contributed by atoms with E-state index in [0.717, 1.165) is 0 Å². The van der Waals surface area contributed by atoms with Crippen molar-refractivity contribution in [3.63, 3.8) is 0 Å². The molecule has 0 radical (unpaired) electrons. The highest BCUT2D eigenvalue weighted by Crippen LogP contribution is 2.48. The summed E-state index contributed by atoms with van der Waals surface area (Å²) in [6, 6.07) is 0. The molecule has 0 saturated carbocycles. The maximum atomic E-state index is 11.9. The average Bonchev–Trinajstić information content (AvgIpc) is 2.33. The molecule has 0 saturated heterocycles. The summed E-state index contributed by atoms with van der Waals surface area (Å²) in [6.45, 7) is 0.0400. The van der Waals surface area contributed by atoms with Crippen LogP contribution in [0.2, 0.25) is 0 Å². The highest BCUT2D eigenvalue weighted by Gasteiger charge is 2.27. The zero-order valence-corrected chi connectivity index (χ0v) is 10.7. The first-order chi connectivity index (χ1) is 8.04. The highest BCUT2D eigenvalue weighted by atomic mass is 31.2. The normalized spacial score (nSPS) is 18.9. The third-order valence-corrected chi connectivity index (χ3v) is 3.99. The van der Waals surface area contributed by atoms with E-state index in [4.69, 9.17) is 13.8 Å². The summed E-state index contributed by atoms with van der Waals surface area (Å²) in [5, 5.41) is 3.49. The smallest absolute Gasteiger partial charge is 0.360 e. The lowest BCUT2D eigenvalue weighted by molar-refractivity contribution is -0.135. The SMILES string of the molecule is CON=C1C=C(CP(=O)(OC)OC)COC1=O. The molecular weight excluding hydrogens is 249 g/mol. The van der Waals surface area contributed by atoms with Crippen molar-refractivity contribution in [1.29, 1.82) is 0 Å². The van der Waals surface area contributed by atoms with Gasteiger partial charge >= 0.3 is 13.6 Å². The minimum absolute atomic E-state index is 0.0208. The van der Waals surface area contributed by atoms with Crippen LogP contribution in [0, 0.1) is 0 Å². The van der Waals surface area contributed by atoms with Crippen molar-refractivity contribution in [1.82, 2.24) is 0 Å². The van der Waals surface area contributed by atoms with Crippen LogP contribution in [0.4, 0.5) is 0 Å². The first-order valence-corrected chi connectivity index (χ1v) is 6.45. The molecule has 0 atom stereocenters. The van der Waals surface area contributed by atoms with Crippen LogP contribution in [0.1, 0.15) is 0 Å². The zero-order chi connectivity index (χ0) is 12.9. The van der Waals surface area contributed by atoms with Gasteiger partial charge in [-0.1, -0.05) is 5.16 Å². The Bertz CT molecular complexity index is 394. The molecule has 1 heterocycles. The summed E-state index contributed by atoms with van der Waals surface area (Å²) >= 11 is 0. The lowest BCUT2D eigenvalue weighted by Gasteiger charge is -2.18. The zero-order valence-electron chi connectivity index (χ0n) is 9.84. The van der Waals surface area contributed by atoms with Crippen molar-refractivity contribution in [2.24, 2.45) is 5.16 Å². The number of cyclic esters (lactones) is 1. The van der Waals surface area contributed by atoms with Gasteiger partial charge in [0.05, 0.1) is 6.16 Å². The molecule has 0 amide bonds. The largest absolute Gasteiger partial charge is 0.456 e. The van der Waals surface area contributed by atoms with E-state index in [1.807, 2.05) is 0 Å². The van der Waals surface area contributed by atoms with Gasteiger partial charge in [-0.3, -0.25) is 4.57 Å². The quantitative estimate of drug-likeness (QED) is 0.417. The molecule has 1 aliphatic heterocycles. The van der Waals surface area contributed by atoms with Crippen LogP contribution >= 0.6 is 7.60 Å². The van der Waals surface area contributed by atoms with Gasteiger partial charge < -0.3 is 18.6 Å². The molecule has 0 spiro atoms. The maximum Gasteiger partial charge on any atom is 0.360 e. The van der Waals surface area contributed by atoms with Crippen LogP contribution in [0.3, 0.4) is 0 Å². The summed E-state index contributed by atoms with van der Waals surface area (Å²) in [5.41, 5.74) is 0.611. The molecule has 0 aromatic rings.